The summed E-state index contributed by atoms with van der Waals surface area (Å²) in [5, 5.41) is 2.74. The molecule has 5 rings (SSSR count). The van der Waals surface area contributed by atoms with Gasteiger partial charge in [0.25, 0.3) is 11.8 Å². The van der Waals surface area contributed by atoms with E-state index in [1.807, 2.05) is 0 Å². The molecule has 1 aliphatic heterocycles. The number of aromatic nitrogens is 2. The van der Waals surface area contributed by atoms with Crippen molar-refractivity contribution in [2.75, 3.05) is 42.7 Å². The summed E-state index contributed by atoms with van der Waals surface area (Å²) in [5.74, 6) is 0.184. The van der Waals surface area contributed by atoms with Crippen LogP contribution in [0.5, 0.6) is 11.6 Å². The predicted octanol–water partition coefficient (Wildman–Crippen LogP) is 4.09. The fourth-order valence-electron chi connectivity index (χ4n) is 4.48. The highest BCUT2D eigenvalue weighted by Gasteiger charge is 2.24. The van der Waals surface area contributed by atoms with Crippen LogP contribution < -0.4 is 15.0 Å². The van der Waals surface area contributed by atoms with Crippen LogP contribution in [-0.2, 0) is 9.84 Å². The smallest absolute Gasteiger partial charge is 0.272 e. The molecule has 1 N–H and O–H groups in total. The second-order valence-electron chi connectivity index (χ2n) is 10.00. The van der Waals surface area contributed by atoms with E-state index in [0.29, 0.717) is 49.1 Å². The van der Waals surface area contributed by atoms with E-state index in [9.17, 15) is 22.8 Å². The average Bonchev–Trinajstić information content (AvgIpc) is 3.02. The van der Waals surface area contributed by atoms with Gasteiger partial charge in [0.15, 0.2) is 15.6 Å². The number of ether oxygens (including phenoxy) is 1. The van der Waals surface area contributed by atoms with Gasteiger partial charge in [0.05, 0.1) is 22.3 Å². The molecule has 0 spiro atoms. The number of hydrogen-bond acceptors (Lipinski definition) is 9. The summed E-state index contributed by atoms with van der Waals surface area (Å²) in [7, 11) is -3.26. The Kier molecular flexibility index (Phi) is 8.48. The summed E-state index contributed by atoms with van der Waals surface area (Å²) < 4.78 is 29.1. The average molecular weight is 600 g/mol. The van der Waals surface area contributed by atoms with Gasteiger partial charge in [0.1, 0.15) is 11.4 Å². The summed E-state index contributed by atoms with van der Waals surface area (Å²) >= 11 is 0. The zero-order valence-corrected chi connectivity index (χ0v) is 24.4. The lowest BCUT2D eigenvalue weighted by Crippen LogP contribution is -2.49. The molecule has 1 aliphatic rings. The van der Waals surface area contributed by atoms with E-state index in [1.54, 1.807) is 71.6 Å². The SMILES string of the molecule is CC(=O)c1ccc(Oc2ccc(NC(=O)c3ccc(C(=O)N4CCN(c5ccc(S(C)(=O)=O)cc5)CC4)nc3)cn2)cc1. The highest BCUT2D eigenvalue weighted by molar-refractivity contribution is 7.90. The van der Waals surface area contributed by atoms with E-state index in [2.05, 4.69) is 20.2 Å². The van der Waals surface area contributed by atoms with Crippen molar-refractivity contribution < 1.29 is 27.5 Å². The molecule has 11 nitrogen and oxygen atoms in total. The molecule has 0 bridgehead atoms. The van der Waals surface area contributed by atoms with Gasteiger partial charge in [-0.25, -0.2) is 13.4 Å². The molecule has 1 saturated heterocycles. The molecule has 2 amide bonds. The highest BCUT2D eigenvalue weighted by Crippen LogP contribution is 2.22. The number of benzene rings is 2. The van der Waals surface area contributed by atoms with Crippen molar-refractivity contribution in [1.29, 1.82) is 0 Å². The summed E-state index contributed by atoms with van der Waals surface area (Å²) in [6.45, 7) is 3.63. The Morgan fingerprint density at radius 3 is 2.02 bits per heavy atom. The quantitative estimate of drug-likeness (QED) is 0.297. The van der Waals surface area contributed by atoms with Crippen molar-refractivity contribution in [2.45, 2.75) is 11.8 Å². The number of anilines is 2. The maximum absolute atomic E-state index is 13.0. The predicted molar refractivity (Wildman–Crippen MR) is 161 cm³/mol. The lowest BCUT2D eigenvalue weighted by atomic mass is 10.1. The largest absolute Gasteiger partial charge is 0.439 e. The van der Waals surface area contributed by atoms with Crippen LogP contribution >= 0.6 is 0 Å². The first-order valence-electron chi connectivity index (χ1n) is 13.4. The molecule has 220 valence electrons. The minimum Gasteiger partial charge on any atom is -0.439 e. The van der Waals surface area contributed by atoms with E-state index in [1.165, 1.54) is 31.6 Å². The van der Waals surface area contributed by atoms with Gasteiger partial charge in [0, 0.05) is 55.9 Å². The molecule has 3 heterocycles. The number of sulfone groups is 1. The molecule has 0 radical (unpaired) electrons. The Labute approximate surface area is 249 Å². The molecule has 1 fully saturated rings. The number of Topliss-reactive ketones (excluding diaryl/α,β-unsaturated/α-hetero) is 1. The molecule has 12 heteroatoms. The number of carbonyl (C=O) groups is 3. The van der Waals surface area contributed by atoms with Gasteiger partial charge in [-0.1, -0.05) is 0 Å². The van der Waals surface area contributed by atoms with Crippen molar-refractivity contribution in [2.24, 2.45) is 0 Å². The highest BCUT2D eigenvalue weighted by atomic mass is 32.2. The lowest BCUT2D eigenvalue weighted by Gasteiger charge is -2.36. The number of nitrogens with zero attached hydrogens (tertiary/aromatic N) is 4. The maximum atomic E-state index is 13.0. The van der Waals surface area contributed by atoms with E-state index in [4.69, 9.17) is 4.74 Å². The Balaban J connectivity index is 1.12. The number of pyridine rings is 2. The number of amides is 2. The maximum Gasteiger partial charge on any atom is 0.272 e. The van der Waals surface area contributed by atoms with Crippen LogP contribution in [0.4, 0.5) is 11.4 Å². The van der Waals surface area contributed by atoms with Crippen LogP contribution in [0.3, 0.4) is 0 Å². The third-order valence-electron chi connectivity index (χ3n) is 6.92. The van der Waals surface area contributed by atoms with Gasteiger partial charge >= 0.3 is 0 Å². The lowest BCUT2D eigenvalue weighted by molar-refractivity contribution is 0.0740. The third-order valence-corrected chi connectivity index (χ3v) is 8.05. The monoisotopic (exact) mass is 599 g/mol. The van der Waals surface area contributed by atoms with Crippen LogP contribution in [0, 0.1) is 0 Å². The van der Waals surface area contributed by atoms with Gasteiger partial charge in [-0.3, -0.25) is 19.4 Å². The summed E-state index contributed by atoms with van der Waals surface area (Å²) in [5.41, 5.74) is 2.45. The van der Waals surface area contributed by atoms with Crippen LogP contribution in [0.25, 0.3) is 0 Å². The van der Waals surface area contributed by atoms with E-state index in [-0.39, 0.29) is 27.8 Å². The standard InChI is InChI=1S/C31H29N5O6S/c1-21(37)22-3-9-26(10-4-22)42-29-14-6-24(20-33-29)34-30(38)23-5-13-28(32-19-23)31(39)36-17-15-35(16-18-36)25-7-11-27(12-8-25)43(2,40)41/h3-14,19-20H,15-18H2,1-2H3,(H,34,38). The van der Waals surface area contributed by atoms with Crippen molar-refractivity contribution in [3.8, 4) is 11.6 Å². The third kappa shape index (κ3) is 7.22. The molecule has 4 aromatic rings. The minimum atomic E-state index is -3.26. The number of carbonyl (C=O) groups excluding carboxylic acids is 3. The minimum absolute atomic E-state index is 0.0331. The van der Waals surface area contributed by atoms with Crippen molar-refractivity contribution in [1.82, 2.24) is 14.9 Å². The normalized spacial score (nSPS) is 13.3. The summed E-state index contributed by atoms with van der Waals surface area (Å²) in [6.07, 6.45) is 3.99. The molecule has 0 saturated carbocycles. The molecular weight excluding hydrogens is 570 g/mol. The number of hydrogen-bond donors (Lipinski definition) is 1. The fourth-order valence-corrected chi connectivity index (χ4v) is 5.12. The van der Waals surface area contributed by atoms with Crippen LogP contribution in [0.15, 0.2) is 90.1 Å². The zero-order valence-electron chi connectivity index (χ0n) is 23.6. The van der Waals surface area contributed by atoms with Gasteiger partial charge < -0.3 is 19.9 Å². The Bertz CT molecular complexity index is 1730. The van der Waals surface area contributed by atoms with Crippen LogP contribution in [0.2, 0.25) is 0 Å². The van der Waals surface area contributed by atoms with Gasteiger partial charge in [-0.2, -0.15) is 0 Å². The first-order chi connectivity index (χ1) is 20.6. The second-order valence-corrected chi connectivity index (χ2v) is 12.0. The number of piperazine rings is 1. The number of ketones is 1. The molecule has 2 aromatic carbocycles. The Morgan fingerprint density at radius 1 is 0.791 bits per heavy atom. The van der Waals surface area contributed by atoms with E-state index in [0.717, 1.165) is 5.69 Å². The molecular formula is C31H29N5O6S. The van der Waals surface area contributed by atoms with Crippen molar-refractivity contribution >= 4 is 38.8 Å². The number of nitrogens with one attached hydrogen (secondary N) is 1. The Hall–Kier alpha value is -5.10. The first kappa shape index (κ1) is 29.4. The van der Waals surface area contributed by atoms with Crippen LogP contribution in [0.1, 0.15) is 38.1 Å². The first-order valence-corrected chi connectivity index (χ1v) is 15.3. The molecule has 0 atom stereocenters. The van der Waals surface area contributed by atoms with E-state index < -0.39 is 15.7 Å². The zero-order chi connectivity index (χ0) is 30.6. The van der Waals surface area contributed by atoms with Crippen molar-refractivity contribution in [3.63, 3.8) is 0 Å². The van der Waals surface area contributed by atoms with Gasteiger partial charge in [-0.05, 0) is 73.7 Å². The molecule has 0 aliphatic carbocycles. The fraction of sp³-hybridized carbons (Fsp3) is 0.194. The Morgan fingerprint density at radius 2 is 1.47 bits per heavy atom. The molecule has 43 heavy (non-hydrogen) atoms. The second kappa shape index (κ2) is 12.4. The summed E-state index contributed by atoms with van der Waals surface area (Å²) in [4.78, 5) is 49.7. The van der Waals surface area contributed by atoms with Crippen LogP contribution in [-0.4, -0.2) is 73.3 Å². The van der Waals surface area contributed by atoms with Crippen molar-refractivity contribution in [3.05, 3.63) is 102 Å². The van der Waals surface area contributed by atoms with E-state index >= 15 is 0 Å². The molecule has 2 aromatic heterocycles. The van der Waals surface area contributed by atoms with Gasteiger partial charge in [0.2, 0.25) is 5.88 Å². The van der Waals surface area contributed by atoms with Gasteiger partial charge in [-0.15, -0.1) is 0 Å². The topological polar surface area (TPSA) is 139 Å². The molecule has 0 unspecified atom stereocenters. The summed E-state index contributed by atoms with van der Waals surface area (Å²) in [6, 6.07) is 19.8. The number of rotatable bonds is 8.